The van der Waals surface area contributed by atoms with Crippen LogP contribution < -0.4 is 4.72 Å². The van der Waals surface area contributed by atoms with Crippen molar-refractivity contribution in [1.29, 1.82) is 0 Å². The molecule has 102 valence electrons. The highest BCUT2D eigenvalue weighted by molar-refractivity contribution is 7.90. The topological polar surface area (TPSA) is 69.6 Å². The van der Waals surface area contributed by atoms with Gasteiger partial charge in [0, 0.05) is 12.6 Å². The van der Waals surface area contributed by atoms with Gasteiger partial charge in [0.05, 0.1) is 11.9 Å². The molecule has 6 heteroatoms. The number of hydrogen-bond donors (Lipinski definition) is 2. The first-order valence-electron chi connectivity index (χ1n) is 6.30. The number of rotatable bonds is 6. The van der Waals surface area contributed by atoms with Gasteiger partial charge in [0.25, 0.3) is 0 Å². The first kappa shape index (κ1) is 14.9. The lowest BCUT2D eigenvalue weighted by atomic mass is 10.1. The Hall–Kier alpha value is -0.170. The predicted molar refractivity (Wildman–Crippen MR) is 68.4 cm³/mol. The Morgan fingerprint density at radius 3 is 2.35 bits per heavy atom. The van der Waals surface area contributed by atoms with Gasteiger partial charge in [-0.05, 0) is 39.8 Å². The molecule has 0 spiro atoms. The smallest absolute Gasteiger partial charge is 0.216 e. The zero-order chi connectivity index (χ0) is 12.9. The molecule has 0 amide bonds. The summed E-state index contributed by atoms with van der Waals surface area (Å²) in [4.78, 5) is 2.32. The van der Waals surface area contributed by atoms with Crippen LogP contribution in [0.3, 0.4) is 0 Å². The maximum absolute atomic E-state index is 11.7. The molecule has 2 atom stereocenters. The first-order chi connectivity index (χ1) is 7.97. The molecule has 1 heterocycles. The average molecular weight is 264 g/mol. The highest BCUT2D eigenvalue weighted by Gasteiger charge is 2.22. The molecule has 2 unspecified atom stereocenters. The van der Waals surface area contributed by atoms with Crippen molar-refractivity contribution in [2.75, 3.05) is 26.2 Å². The summed E-state index contributed by atoms with van der Waals surface area (Å²) < 4.78 is 25.9. The van der Waals surface area contributed by atoms with Crippen LogP contribution in [0.4, 0.5) is 0 Å². The van der Waals surface area contributed by atoms with E-state index in [-0.39, 0.29) is 12.6 Å². The summed E-state index contributed by atoms with van der Waals surface area (Å²) in [5.41, 5.74) is 0. The fourth-order valence-corrected chi connectivity index (χ4v) is 2.92. The van der Waals surface area contributed by atoms with Crippen molar-refractivity contribution in [3.8, 4) is 0 Å². The zero-order valence-electron chi connectivity index (χ0n) is 10.7. The maximum atomic E-state index is 11.7. The van der Waals surface area contributed by atoms with Gasteiger partial charge in [-0.2, -0.15) is 0 Å². The number of piperidine rings is 1. The zero-order valence-corrected chi connectivity index (χ0v) is 11.5. The molecule has 0 aromatic carbocycles. The summed E-state index contributed by atoms with van der Waals surface area (Å²) in [5, 5.41) is 8.12. The van der Waals surface area contributed by atoms with Crippen molar-refractivity contribution < 1.29 is 13.5 Å². The fourth-order valence-electron chi connectivity index (χ4n) is 1.97. The minimum absolute atomic E-state index is 0.218. The van der Waals surface area contributed by atoms with Crippen molar-refractivity contribution in [2.45, 2.75) is 44.4 Å². The van der Waals surface area contributed by atoms with E-state index < -0.39 is 15.3 Å². The molecule has 0 aromatic heterocycles. The highest BCUT2D eigenvalue weighted by atomic mass is 32.2. The van der Waals surface area contributed by atoms with E-state index in [1.807, 2.05) is 6.92 Å². The summed E-state index contributed by atoms with van der Waals surface area (Å²) in [5.74, 6) is 0. The lowest BCUT2D eigenvalue weighted by Gasteiger charge is -2.32. The van der Waals surface area contributed by atoms with Crippen molar-refractivity contribution in [3.63, 3.8) is 0 Å². The molecule has 1 aliphatic heterocycles. The van der Waals surface area contributed by atoms with Crippen LogP contribution in [0.15, 0.2) is 0 Å². The van der Waals surface area contributed by atoms with Gasteiger partial charge in [-0.25, -0.2) is 13.1 Å². The van der Waals surface area contributed by atoms with Gasteiger partial charge >= 0.3 is 0 Å². The molecule has 0 radical (unpaired) electrons. The molecule has 0 saturated carbocycles. The highest BCUT2D eigenvalue weighted by Crippen LogP contribution is 2.11. The molecule has 17 heavy (non-hydrogen) atoms. The number of sulfonamides is 1. The molecular weight excluding hydrogens is 240 g/mol. The van der Waals surface area contributed by atoms with E-state index in [9.17, 15) is 8.42 Å². The monoisotopic (exact) mass is 264 g/mol. The molecule has 5 nitrogen and oxygen atoms in total. The third-order valence-electron chi connectivity index (χ3n) is 3.38. The predicted octanol–water partition coefficient (Wildman–Crippen LogP) is 0.161. The molecule has 0 aromatic rings. The van der Waals surface area contributed by atoms with E-state index in [4.69, 9.17) is 5.11 Å². The van der Waals surface area contributed by atoms with Crippen LogP contribution in [0.25, 0.3) is 0 Å². The van der Waals surface area contributed by atoms with Crippen molar-refractivity contribution >= 4 is 10.0 Å². The Morgan fingerprint density at radius 2 is 1.82 bits per heavy atom. The van der Waals surface area contributed by atoms with Crippen molar-refractivity contribution in [2.24, 2.45) is 0 Å². The van der Waals surface area contributed by atoms with Crippen LogP contribution in [-0.4, -0.2) is 56.0 Å². The lowest BCUT2D eigenvalue weighted by Crippen LogP contribution is -2.46. The normalized spacial score (nSPS) is 22.3. The summed E-state index contributed by atoms with van der Waals surface area (Å²) in [7, 11) is -3.37. The molecular formula is C11H24N2O3S. The number of likely N-dealkylation sites (tertiary alicyclic amines) is 1. The third kappa shape index (κ3) is 4.54. The van der Waals surface area contributed by atoms with Gasteiger partial charge < -0.3 is 5.11 Å². The van der Waals surface area contributed by atoms with Gasteiger partial charge in [-0.1, -0.05) is 6.42 Å². The van der Waals surface area contributed by atoms with Crippen LogP contribution in [0.2, 0.25) is 0 Å². The summed E-state index contributed by atoms with van der Waals surface area (Å²) in [6.07, 6.45) is 3.67. The number of nitrogens with zero attached hydrogens (tertiary/aromatic N) is 1. The van der Waals surface area contributed by atoms with Crippen LogP contribution in [0, 0.1) is 0 Å². The summed E-state index contributed by atoms with van der Waals surface area (Å²) >= 11 is 0. The first-order valence-corrected chi connectivity index (χ1v) is 7.85. The lowest BCUT2D eigenvalue weighted by molar-refractivity contribution is 0.175. The Balaban J connectivity index is 2.39. The van der Waals surface area contributed by atoms with Crippen LogP contribution >= 0.6 is 0 Å². The molecule has 0 bridgehead atoms. The standard InChI is InChI=1S/C11H24N2O3S/c1-10(13-6-4-3-5-7-13)8-12-17(15,16)11(2)9-14/h10-12,14H,3-9H2,1-2H3. The second kappa shape index (κ2) is 6.68. The molecule has 1 rings (SSSR count). The minimum Gasteiger partial charge on any atom is -0.395 e. The number of hydrogen-bond acceptors (Lipinski definition) is 4. The van der Waals surface area contributed by atoms with Crippen LogP contribution in [0.1, 0.15) is 33.1 Å². The van der Waals surface area contributed by atoms with Crippen molar-refractivity contribution in [1.82, 2.24) is 9.62 Å². The molecule has 1 saturated heterocycles. The number of nitrogens with one attached hydrogen (secondary N) is 1. The summed E-state index contributed by atoms with van der Waals surface area (Å²) in [6.45, 7) is 5.74. The van der Waals surface area contributed by atoms with Gasteiger partial charge in [0.1, 0.15) is 0 Å². The average Bonchev–Trinajstić information content (AvgIpc) is 2.36. The Bertz CT molecular complexity index is 313. The maximum Gasteiger partial charge on any atom is 0.216 e. The Morgan fingerprint density at radius 1 is 1.24 bits per heavy atom. The SMILES string of the molecule is CC(CNS(=O)(=O)C(C)CO)N1CCCCC1. The van der Waals surface area contributed by atoms with E-state index in [1.165, 1.54) is 26.2 Å². The second-order valence-electron chi connectivity index (χ2n) is 4.83. The number of aliphatic hydroxyl groups excluding tert-OH is 1. The van der Waals surface area contributed by atoms with Crippen LogP contribution in [0.5, 0.6) is 0 Å². The van der Waals surface area contributed by atoms with Gasteiger partial charge in [-0.3, -0.25) is 4.90 Å². The van der Waals surface area contributed by atoms with Gasteiger partial charge in [0.2, 0.25) is 10.0 Å². The molecule has 1 aliphatic rings. The summed E-state index contributed by atoms with van der Waals surface area (Å²) in [6, 6.07) is 0.218. The Kier molecular flexibility index (Phi) is 5.85. The third-order valence-corrected chi connectivity index (χ3v) is 5.16. The number of aliphatic hydroxyl groups is 1. The van der Waals surface area contributed by atoms with E-state index in [2.05, 4.69) is 9.62 Å². The largest absolute Gasteiger partial charge is 0.395 e. The van der Waals surface area contributed by atoms with E-state index >= 15 is 0 Å². The minimum atomic E-state index is -3.37. The van der Waals surface area contributed by atoms with Gasteiger partial charge in [0.15, 0.2) is 0 Å². The van der Waals surface area contributed by atoms with E-state index in [0.29, 0.717) is 6.54 Å². The van der Waals surface area contributed by atoms with Crippen molar-refractivity contribution in [3.05, 3.63) is 0 Å². The van der Waals surface area contributed by atoms with Crippen LogP contribution in [-0.2, 0) is 10.0 Å². The second-order valence-corrected chi connectivity index (χ2v) is 7.02. The fraction of sp³-hybridized carbons (Fsp3) is 1.00. The van der Waals surface area contributed by atoms with Gasteiger partial charge in [-0.15, -0.1) is 0 Å². The molecule has 0 aliphatic carbocycles. The Labute approximate surface area is 104 Å². The quantitative estimate of drug-likeness (QED) is 0.717. The molecule has 2 N–H and O–H groups in total. The van der Waals surface area contributed by atoms with E-state index in [0.717, 1.165) is 13.1 Å². The molecule has 1 fully saturated rings. The van der Waals surface area contributed by atoms with E-state index in [1.54, 1.807) is 0 Å².